The van der Waals surface area contributed by atoms with Gasteiger partial charge >= 0.3 is 20.4 Å². The second kappa shape index (κ2) is 14.5. The van der Waals surface area contributed by atoms with Gasteiger partial charge in [0.2, 0.25) is 0 Å². The zero-order valence-electron chi connectivity index (χ0n) is 31.7. The smallest absolute Gasteiger partial charge is 0.509 e. The number of aromatic nitrogens is 4. The van der Waals surface area contributed by atoms with E-state index in [0.717, 1.165) is 57.4 Å². The van der Waals surface area contributed by atoms with E-state index >= 15 is 0 Å². The van der Waals surface area contributed by atoms with Crippen LogP contribution in [-0.4, -0.2) is 19.3 Å². The third-order valence-corrected chi connectivity index (χ3v) is 9.58. The van der Waals surface area contributed by atoms with Gasteiger partial charge in [0.1, 0.15) is 5.82 Å². The van der Waals surface area contributed by atoms with E-state index in [2.05, 4.69) is 169 Å². The van der Waals surface area contributed by atoms with Gasteiger partial charge in [0.25, 0.3) is 0 Å². The first-order chi connectivity index (χ1) is 24.3. The van der Waals surface area contributed by atoms with Crippen LogP contribution in [0.2, 0.25) is 0 Å². The van der Waals surface area contributed by atoms with Crippen molar-refractivity contribution in [3.8, 4) is 34.1 Å². The molecule has 7 aromatic rings. The molecule has 0 aliphatic carbocycles. The van der Waals surface area contributed by atoms with E-state index in [0.29, 0.717) is 11.5 Å². The molecule has 6 heteroatoms. The largest absolute Gasteiger partial charge is 2.00 e. The van der Waals surface area contributed by atoms with Crippen molar-refractivity contribution in [2.45, 2.75) is 91.9 Å². The van der Waals surface area contributed by atoms with E-state index < -0.39 is 0 Å². The van der Waals surface area contributed by atoms with Gasteiger partial charge in [0.05, 0.1) is 11.4 Å². The first-order valence-corrected chi connectivity index (χ1v) is 18.2. The van der Waals surface area contributed by atoms with Crippen LogP contribution in [-0.2, 0) is 37.7 Å². The number of rotatable bonds is 8. The Morgan fingerprint density at radius 3 is 2.19 bits per heavy atom. The average molecular weight is 779 g/mol. The molecule has 0 amide bonds. The third-order valence-electron chi connectivity index (χ3n) is 9.58. The molecule has 0 saturated carbocycles. The molecule has 0 spiro atoms. The van der Waals surface area contributed by atoms with Crippen molar-refractivity contribution in [3.05, 3.63) is 132 Å². The Morgan fingerprint density at radius 1 is 0.769 bits per heavy atom. The zero-order valence-corrected chi connectivity index (χ0v) is 33.3. The van der Waals surface area contributed by atoms with E-state index in [-0.39, 0.29) is 37.2 Å². The summed E-state index contributed by atoms with van der Waals surface area (Å²) in [5.74, 6) is 2.39. The number of nitrogens with zero attached hydrogens (tertiary/aromatic N) is 4. The number of aryl methyl sites for hydroxylation is 1. The molecule has 3 heterocycles. The van der Waals surface area contributed by atoms with Crippen molar-refractivity contribution in [3.63, 3.8) is 0 Å². The molecule has 0 aliphatic rings. The second-order valence-corrected chi connectivity index (χ2v) is 16.0. The number of hydrogen-bond donors (Lipinski definition) is 0. The van der Waals surface area contributed by atoms with Gasteiger partial charge in [-0.05, 0) is 58.2 Å². The molecule has 268 valence electrons. The maximum atomic E-state index is 6.71. The van der Waals surface area contributed by atoms with Gasteiger partial charge in [-0.3, -0.25) is 4.68 Å². The summed E-state index contributed by atoms with van der Waals surface area (Å²) in [4.78, 5) is 4.84. The van der Waals surface area contributed by atoms with Crippen molar-refractivity contribution in [1.29, 1.82) is 0 Å². The minimum atomic E-state index is -0.183. The van der Waals surface area contributed by atoms with Gasteiger partial charge in [0.15, 0.2) is 0 Å². The molecule has 0 N–H and O–H groups in total. The van der Waals surface area contributed by atoms with Crippen LogP contribution in [0.25, 0.3) is 44.4 Å². The number of hydrogen-bond acceptors (Lipinski definition) is 3. The Balaban J connectivity index is 0.00000464. The molecule has 7 rings (SSSR count). The van der Waals surface area contributed by atoms with Gasteiger partial charge in [-0.2, -0.15) is 11.2 Å². The van der Waals surface area contributed by atoms with Crippen LogP contribution in [0.1, 0.15) is 97.2 Å². The van der Waals surface area contributed by atoms with Crippen molar-refractivity contribution < 1.29 is 25.2 Å². The summed E-state index contributed by atoms with van der Waals surface area (Å²) in [7, 11) is 0. The molecule has 4 aromatic carbocycles. The van der Waals surface area contributed by atoms with Crippen LogP contribution < -0.4 is 4.74 Å². The number of para-hydroxylation sites is 1. The summed E-state index contributed by atoms with van der Waals surface area (Å²) in [6.45, 7) is 20.1. The Kier molecular flexibility index (Phi) is 10.4. The minimum Gasteiger partial charge on any atom is -0.509 e. The topological polar surface area (TPSA) is 44.9 Å². The number of pyridine rings is 1. The van der Waals surface area contributed by atoms with E-state index in [1.54, 1.807) is 0 Å². The predicted molar refractivity (Wildman–Crippen MR) is 211 cm³/mol. The SMILES string of the molecule is CCCc1nn(-c2[c-]c(Oc3[c-]c4c(cc3)c3ccccc3n4-c3cc(C(C)(C)C)ccn3)cc(C(C)C)c2)c(C(C)(C)C)c1-c1ccccc1.[Pd+2]. The molecule has 0 bridgehead atoms. The van der Waals surface area contributed by atoms with Crippen molar-refractivity contribution in [1.82, 2.24) is 19.3 Å². The monoisotopic (exact) mass is 778 g/mol. The van der Waals surface area contributed by atoms with Crippen molar-refractivity contribution in [2.24, 2.45) is 0 Å². The summed E-state index contributed by atoms with van der Waals surface area (Å²) in [6, 6.07) is 39.2. The molecule has 52 heavy (non-hydrogen) atoms. The molecular formula is C46H48N4OPd. The van der Waals surface area contributed by atoms with Gasteiger partial charge in [0, 0.05) is 34.2 Å². The van der Waals surface area contributed by atoms with E-state index in [4.69, 9.17) is 14.8 Å². The van der Waals surface area contributed by atoms with Crippen LogP contribution in [0.3, 0.4) is 0 Å². The molecule has 0 radical (unpaired) electrons. The molecule has 0 atom stereocenters. The van der Waals surface area contributed by atoms with Crippen molar-refractivity contribution in [2.75, 3.05) is 0 Å². The Labute approximate surface area is 322 Å². The van der Waals surface area contributed by atoms with Crippen LogP contribution >= 0.6 is 0 Å². The third kappa shape index (κ3) is 7.12. The molecule has 3 aromatic heterocycles. The zero-order chi connectivity index (χ0) is 36.1. The van der Waals surface area contributed by atoms with Gasteiger partial charge in [-0.25, -0.2) is 4.98 Å². The molecule has 0 saturated heterocycles. The Morgan fingerprint density at radius 2 is 1.50 bits per heavy atom. The van der Waals surface area contributed by atoms with Crippen molar-refractivity contribution >= 4 is 21.8 Å². The summed E-state index contributed by atoms with van der Waals surface area (Å²) >= 11 is 0. The predicted octanol–water partition coefficient (Wildman–Crippen LogP) is 12.1. The normalized spacial score (nSPS) is 12.1. The first-order valence-electron chi connectivity index (χ1n) is 18.2. The van der Waals surface area contributed by atoms with E-state index in [1.165, 1.54) is 22.4 Å². The van der Waals surface area contributed by atoms with Crippen LogP contribution in [0, 0.1) is 12.1 Å². The average Bonchev–Trinajstić information content (AvgIpc) is 3.65. The van der Waals surface area contributed by atoms with Gasteiger partial charge in [-0.15, -0.1) is 41.3 Å². The number of fused-ring (bicyclic) bond motifs is 3. The molecule has 0 aliphatic heterocycles. The quantitative estimate of drug-likeness (QED) is 0.114. The van der Waals surface area contributed by atoms with Gasteiger partial charge in [-0.1, -0.05) is 123 Å². The minimum absolute atomic E-state index is 0. The maximum Gasteiger partial charge on any atom is 2.00 e. The number of ether oxygens (including phenoxy) is 1. The van der Waals surface area contributed by atoms with Crippen LogP contribution in [0.15, 0.2) is 97.2 Å². The Bertz CT molecular complexity index is 2350. The standard InChI is InChI=1S/C46H48N4O.Pd/c1-10-16-39-43(31-17-12-11-13-18-31)44(46(7,8)9)50(48-39)34-25-32(30(2)3)26-36(28-34)51-35-21-22-38-37-19-14-15-20-40(37)49(41(38)29-35)42-27-33(23-24-47-42)45(4,5)6;/h11-15,17-27,30H,10,16H2,1-9H3;/q-2;+2. The summed E-state index contributed by atoms with van der Waals surface area (Å²) in [5, 5.41) is 7.56. The summed E-state index contributed by atoms with van der Waals surface area (Å²) in [6.07, 6.45) is 3.81. The first kappa shape index (κ1) is 37.3. The summed E-state index contributed by atoms with van der Waals surface area (Å²) in [5.41, 5.74) is 9.75. The fourth-order valence-corrected chi connectivity index (χ4v) is 7.00. The van der Waals surface area contributed by atoms with Crippen LogP contribution in [0.4, 0.5) is 0 Å². The fourth-order valence-electron chi connectivity index (χ4n) is 7.00. The van der Waals surface area contributed by atoms with Crippen LogP contribution in [0.5, 0.6) is 11.5 Å². The molecular weight excluding hydrogens is 731 g/mol. The molecule has 5 nitrogen and oxygen atoms in total. The molecule has 0 fully saturated rings. The Hall–Kier alpha value is -4.50. The fraction of sp³-hybridized carbons (Fsp3) is 0.304. The van der Waals surface area contributed by atoms with E-state index in [1.807, 2.05) is 12.3 Å². The second-order valence-electron chi connectivity index (χ2n) is 16.0. The molecule has 0 unspecified atom stereocenters. The maximum absolute atomic E-state index is 6.71. The van der Waals surface area contributed by atoms with E-state index in [9.17, 15) is 0 Å². The number of benzene rings is 4. The summed E-state index contributed by atoms with van der Waals surface area (Å²) < 4.78 is 11.0. The van der Waals surface area contributed by atoms with Gasteiger partial charge < -0.3 is 9.30 Å².